The average molecular weight is 409 g/mol. The van der Waals surface area contributed by atoms with Crippen molar-refractivity contribution in [1.82, 2.24) is 15.0 Å². The Balaban J connectivity index is 1.52. The lowest BCUT2D eigenvalue weighted by Gasteiger charge is -2.33. The molecule has 9 nitrogen and oxygen atoms in total. The second-order valence-electron chi connectivity index (χ2n) is 7.97. The molecule has 9 heteroatoms. The first kappa shape index (κ1) is 21.3. The summed E-state index contributed by atoms with van der Waals surface area (Å²) in [6, 6.07) is 8.73. The van der Waals surface area contributed by atoms with E-state index >= 15 is 0 Å². The number of carbonyl (C=O) groups excluding carboxylic acids is 1. The Morgan fingerprint density at radius 1 is 1.23 bits per heavy atom. The van der Waals surface area contributed by atoms with Gasteiger partial charge in [-0.15, -0.1) is 0 Å². The first-order valence-corrected chi connectivity index (χ1v) is 9.66. The van der Waals surface area contributed by atoms with Crippen molar-refractivity contribution in [2.75, 3.05) is 13.1 Å². The van der Waals surface area contributed by atoms with E-state index in [1.54, 1.807) is 23.1 Å². The Labute approximate surface area is 174 Å². The lowest BCUT2D eigenvalue weighted by molar-refractivity contribution is -0.0231. The summed E-state index contributed by atoms with van der Waals surface area (Å²) in [6.45, 7) is 6.83. The van der Waals surface area contributed by atoms with E-state index in [1.165, 1.54) is 0 Å². The number of hydrogen-bond acceptors (Lipinski definition) is 8. The number of rotatable bonds is 4. The number of hydrogen-bond donors (Lipinski definition) is 0. The zero-order chi connectivity index (χ0) is 21.7. The largest absolute Gasteiger partial charge is 0.444 e. The molecule has 0 atom stereocenters. The van der Waals surface area contributed by atoms with E-state index in [1.807, 2.05) is 32.9 Å². The lowest BCUT2D eigenvalue weighted by atomic mass is 10.1. The Bertz CT molecular complexity index is 988. The van der Waals surface area contributed by atoms with Crippen molar-refractivity contribution >= 4 is 6.09 Å². The first-order chi connectivity index (χ1) is 14.3. The number of benzene rings is 1. The molecule has 0 N–H and O–H groups in total. The Morgan fingerprint density at radius 2 is 1.93 bits per heavy atom. The molecule has 0 spiro atoms. The molecule has 156 valence electrons. The van der Waals surface area contributed by atoms with Gasteiger partial charge < -0.3 is 18.9 Å². The van der Waals surface area contributed by atoms with Crippen LogP contribution in [0.2, 0.25) is 0 Å². The van der Waals surface area contributed by atoms with Gasteiger partial charge in [0.05, 0.1) is 17.2 Å². The molecule has 0 saturated carbocycles. The van der Waals surface area contributed by atoms with E-state index in [4.69, 9.17) is 24.5 Å². The third kappa shape index (κ3) is 5.34. The van der Waals surface area contributed by atoms with E-state index in [0.29, 0.717) is 48.8 Å². The molecule has 1 fully saturated rings. The molecule has 1 aliphatic heterocycles. The molecule has 1 aromatic heterocycles. The zero-order valence-corrected chi connectivity index (χ0v) is 17.2. The van der Waals surface area contributed by atoms with Gasteiger partial charge in [0.1, 0.15) is 24.3 Å². The SMILES string of the molecule is CC(C)(C)OC(=O)N1CCC(OCc2nc(-c3ccc(C#N)c(C#N)c3)no2)CC1. The molecule has 1 aromatic carbocycles. The van der Waals surface area contributed by atoms with Crippen LogP contribution >= 0.6 is 0 Å². The van der Waals surface area contributed by atoms with E-state index < -0.39 is 5.60 Å². The maximum Gasteiger partial charge on any atom is 0.410 e. The van der Waals surface area contributed by atoms with Crippen molar-refractivity contribution in [2.45, 2.75) is 51.9 Å². The van der Waals surface area contributed by atoms with Crippen molar-refractivity contribution in [3.63, 3.8) is 0 Å². The Morgan fingerprint density at radius 3 is 2.57 bits per heavy atom. The highest BCUT2D eigenvalue weighted by Crippen LogP contribution is 2.21. The van der Waals surface area contributed by atoms with Crippen molar-refractivity contribution in [3.05, 3.63) is 35.2 Å². The summed E-state index contributed by atoms with van der Waals surface area (Å²) in [5.74, 6) is 0.650. The molecule has 30 heavy (non-hydrogen) atoms. The summed E-state index contributed by atoms with van der Waals surface area (Å²) < 4.78 is 16.5. The van der Waals surface area contributed by atoms with Crippen LogP contribution in [-0.2, 0) is 16.1 Å². The van der Waals surface area contributed by atoms with Gasteiger partial charge >= 0.3 is 6.09 Å². The third-order valence-corrected chi connectivity index (χ3v) is 4.52. The fourth-order valence-corrected chi connectivity index (χ4v) is 3.02. The fraction of sp³-hybridized carbons (Fsp3) is 0.476. The highest BCUT2D eigenvalue weighted by atomic mass is 16.6. The molecular formula is C21H23N5O4. The topological polar surface area (TPSA) is 125 Å². The number of carbonyl (C=O) groups is 1. The van der Waals surface area contributed by atoms with Gasteiger partial charge in [-0.3, -0.25) is 0 Å². The maximum atomic E-state index is 12.1. The minimum absolute atomic E-state index is 0.0147. The Hall–Kier alpha value is -3.43. The molecule has 1 saturated heterocycles. The predicted octanol–water partition coefficient (Wildman–Crippen LogP) is 3.40. The van der Waals surface area contributed by atoms with Crippen LogP contribution in [0.4, 0.5) is 4.79 Å². The zero-order valence-electron chi connectivity index (χ0n) is 17.2. The van der Waals surface area contributed by atoms with Gasteiger partial charge in [-0.05, 0) is 51.8 Å². The van der Waals surface area contributed by atoms with Gasteiger partial charge in [0, 0.05) is 18.7 Å². The normalized spacial score (nSPS) is 14.8. The van der Waals surface area contributed by atoms with Crippen molar-refractivity contribution in [1.29, 1.82) is 10.5 Å². The highest BCUT2D eigenvalue weighted by Gasteiger charge is 2.27. The van der Waals surface area contributed by atoms with Crippen LogP contribution in [-0.4, -0.2) is 45.9 Å². The summed E-state index contributed by atoms with van der Waals surface area (Å²) >= 11 is 0. The summed E-state index contributed by atoms with van der Waals surface area (Å²) in [5.41, 5.74) is 0.634. The monoisotopic (exact) mass is 409 g/mol. The summed E-state index contributed by atoms with van der Waals surface area (Å²) in [7, 11) is 0. The van der Waals surface area contributed by atoms with Gasteiger partial charge in [-0.2, -0.15) is 15.5 Å². The third-order valence-electron chi connectivity index (χ3n) is 4.52. The summed E-state index contributed by atoms with van der Waals surface area (Å²) in [6.07, 6.45) is 1.07. The second kappa shape index (κ2) is 8.93. The van der Waals surface area contributed by atoms with Gasteiger partial charge in [0.15, 0.2) is 0 Å². The average Bonchev–Trinajstić information content (AvgIpc) is 3.20. The van der Waals surface area contributed by atoms with Crippen LogP contribution < -0.4 is 0 Å². The molecule has 0 aliphatic carbocycles. The van der Waals surface area contributed by atoms with Crippen LogP contribution in [0.5, 0.6) is 0 Å². The Kier molecular flexibility index (Phi) is 6.34. The van der Waals surface area contributed by atoms with Gasteiger partial charge in [-0.25, -0.2) is 4.79 Å². The minimum Gasteiger partial charge on any atom is -0.444 e. The van der Waals surface area contributed by atoms with E-state index in [9.17, 15) is 4.79 Å². The molecule has 1 amide bonds. The van der Waals surface area contributed by atoms with Crippen LogP contribution in [0.3, 0.4) is 0 Å². The molecule has 0 unspecified atom stereocenters. The van der Waals surface area contributed by atoms with Crippen LogP contribution in [0.1, 0.15) is 50.6 Å². The standard InChI is InChI=1S/C21H23N5O4/c1-21(2,3)29-20(27)26-8-6-17(7-9-26)28-13-18-24-19(25-30-18)14-4-5-15(11-22)16(10-14)12-23/h4-5,10,17H,6-9,13H2,1-3H3. The number of likely N-dealkylation sites (tertiary alicyclic amines) is 1. The number of ether oxygens (including phenoxy) is 2. The minimum atomic E-state index is -0.511. The van der Waals surface area contributed by atoms with E-state index in [-0.39, 0.29) is 24.4 Å². The van der Waals surface area contributed by atoms with Gasteiger partial charge in [-0.1, -0.05) is 5.16 Å². The number of amides is 1. The van der Waals surface area contributed by atoms with Gasteiger partial charge in [0.2, 0.25) is 5.82 Å². The van der Waals surface area contributed by atoms with Crippen molar-refractivity contribution in [3.8, 4) is 23.5 Å². The van der Waals surface area contributed by atoms with Crippen molar-refractivity contribution in [2.24, 2.45) is 0 Å². The predicted molar refractivity (Wildman–Crippen MR) is 105 cm³/mol. The summed E-state index contributed by atoms with van der Waals surface area (Å²) in [5, 5.41) is 22.1. The fourth-order valence-electron chi connectivity index (χ4n) is 3.02. The molecule has 0 bridgehead atoms. The van der Waals surface area contributed by atoms with Crippen molar-refractivity contribution < 1.29 is 18.8 Å². The number of nitrogens with zero attached hydrogens (tertiary/aromatic N) is 5. The number of aromatic nitrogens is 2. The van der Waals surface area contributed by atoms with E-state index in [2.05, 4.69) is 10.1 Å². The van der Waals surface area contributed by atoms with Crippen LogP contribution in [0, 0.1) is 22.7 Å². The molecular weight excluding hydrogens is 386 g/mol. The van der Waals surface area contributed by atoms with E-state index in [0.717, 1.165) is 0 Å². The van der Waals surface area contributed by atoms with Crippen LogP contribution in [0.25, 0.3) is 11.4 Å². The molecule has 1 aliphatic rings. The molecule has 2 heterocycles. The van der Waals surface area contributed by atoms with Gasteiger partial charge in [0.25, 0.3) is 5.89 Å². The number of nitriles is 2. The maximum absolute atomic E-state index is 12.1. The summed E-state index contributed by atoms with van der Waals surface area (Å²) in [4.78, 5) is 18.1. The highest BCUT2D eigenvalue weighted by molar-refractivity contribution is 5.68. The first-order valence-electron chi connectivity index (χ1n) is 9.66. The molecule has 2 aromatic rings. The number of piperidine rings is 1. The second-order valence-corrected chi connectivity index (χ2v) is 7.97. The van der Waals surface area contributed by atoms with Crippen LogP contribution in [0.15, 0.2) is 22.7 Å². The molecule has 3 rings (SSSR count). The quantitative estimate of drug-likeness (QED) is 0.752. The smallest absolute Gasteiger partial charge is 0.410 e. The molecule has 0 radical (unpaired) electrons. The lowest BCUT2D eigenvalue weighted by Crippen LogP contribution is -2.43.